The van der Waals surface area contributed by atoms with Crippen molar-refractivity contribution in [3.63, 3.8) is 0 Å². The molecule has 0 bridgehead atoms. The van der Waals surface area contributed by atoms with E-state index in [1.54, 1.807) is 7.05 Å². The number of pyridine rings is 1. The first-order valence-corrected chi connectivity index (χ1v) is 8.66. The van der Waals surface area contributed by atoms with E-state index in [0.717, 1.165) is 22.8 Å². The number of aromatic nitrogens is 3. The summed E-state index contributed by atoms with van der Waals surface area (Å²) in [6, 6.07) is 12.0. The number of benzene rings is 1. The van der Waals surface area contributed by atoms with Crippen LogP contribution in [0.2, 0.25) is 0 Å². The van der Waals surface area contributed by atoms with Crippen molar-refractivity contribution in [1.82, 2.24) is 25.2 Å². The van der Waals surface area contributed by atoms with Crippen molar-refractivity contribution in [2.75, 3.05) is 13.7 Å². The van der Waals surface area contributed by atoms with Crippen LogP contribution in [-0.4, -0.2) is 34.2 Å². The number of aryl methyl sites for hydroxylation is 1. The normalized spacial score (nSPS) is 11.6. The Hall–Kier alpha value is -3.09. The lowest BCUT2D eigenvalue weighted by Gasteiger charge is -2.14. The average Bonchev–Trinajstić information content (AvgIpc) is 3.07. The summed E-state index contributed by atoms with van der Waals surface area (Å²) in [6.45, 7) is 5.84. The van der Waals surface area contributed by atoms with Gasteiger partial charge in [-0.15, -0.1) is 10.2 Å². The molecule has 7 heteroatoms. The summed E-state index contributed by atoms with van der Waals surface area (Å²) in [4.78, 5) is 4.27. The number of hydrogen-bond donors (Lipinski definition) is 2. The van der Waals surface area contributed by atoms with Gasteiger partial charge >= 0.3 is 0 Å². The van der Waals surface area contributed by atoms with Gasteiger partial charge in [-0.2, -0.15) is 0 Å². The van der Waals surface area contributed by atoms with E-state index in [9.17, 15) is 0 Å². The van der Waals surface area contributed by atoms with Crippen molar-refractivity contribution in [2.45, 2.75) is 26.9 Å². The minimum absolute atomic E-state index is 0.525. The van der Waals surface area contributed by atoms with Gasteiger partial charge in [0.25, 0.3) is 0 Å². The van der Waals surface area contributed by atoms with Gasteiger partial charge in [-0.3, -0.25) is 9.39 Å². The van der Waals surface area contributed by atoms with Crippen molar-refractivity contribution >= 4 is 11.6 Å². The highest BCUT2D eigenvalue weighted by Gasteiger charge is 2.08. The van der Waals surface area contributed by atoms with Gasteiger partial charge in [-0.25, -0.2) is 0 Å². The van der Waals surface area contributed by atoms with E-state index in [2.05, 4.69) is 50.9 Å². The maximum Gasteiger partial charge on any atom is 0.191 e. The van der Waals surface area contributed by atoms with Gasteiger partial charge in [0.15, 0.2) is 17.4 Å². The molecule has 0 unspecified atom stereocenters. The van der Waals surface area contributed by atoms with Gasteiger partial charge in [-0.05, 0) is 37.6 Å². The molecule has 0 atom stereocenters. The van der Waals surface area contributed by atoms with Gasteiger partial charge in [0, 0.05) is 25.4 Å². The fourth-order valence-corrected chi connectivity index (χ4v) is 2.67. The monoisotopic (exact) mass is 352 g/mol. The first kappa shape index (κ1) is 17.7. The molecule has 0 aliphatic rings. The quantitative estimate of drug-likeness (QED) is 0.526. The first-order chi connectivity index (χ1) is 12.7. The summed E-state index contributed by atoms with van der Waals surface area (Å²) in [6.07, 6.45) is 1.95. The second-order valence-corrected chi connectivity index (χ2v) is 5.87. The van der Waals surface area contributed by atoms with Gasteiger partial charge < -0.3 is 15.4 Å². The lowest BCUT2D eigenvalue weighted by molar-refractivity contribution is 0.336. The second kappa shape index (κ2) is 8.33. The zero-order chi connectivity index (χ0) is 18.4. The van der Waals surface area contributed by atoms with E-state index in [1.165, 1.54) is 5.56 Å². The molecule has 0 spiro atoms. The minimum atomic E-state index is 0.525. The number of guanidine groups is 1. The third-order valence-corrected chi connectivity index (χ3v) is 3.99. The van der Waals surface area contributed by atoms with Gasteiger partial charge in [-0.1, -0.05) is 18.2 Å². The molecule has 0 radical (unpaired) electrons. The molecule has 2 N–H and O–H groups in total. The zero-order valence-corrected chi connectivity index (χ0v) is 15.4. The summed E-state index contributed by atoms with van der Waals surface area (Å²) in [5, 5.41) is 15.0. The molecule has 26 heavy (non-hydrogen) atoms. The maximum atomic E-state index is 5.73. The van der Waals surface area contributed by atoms with Crippen molar-refractivity contribution in [3.8, 4) is 5.75 Å². The molecule has 136 valence electrons. The Kier molecular flexibility index (Phi) is 5.68. The van der Waals surface area contributed by atoms with E-state index in [0.29, 0.717) is 25.7 Å². The van der Waals surface area contributed by atoms with Crippen LogP contribution in [0.4, 0.5) is 0 Å². The highest BCUT2D eigenvalue weighted by Crippen LogP contribution is 2.20. The van der Waals surface area contributed by atoms with E-state index < -0.39 is 0 Å². The largest absolute Gasteiger partial charge is 0.494 e. The van der Waals surface area contributed by atoms with Crippen molar-refractivity contribution in [1.29, 1.82) is 0 Å². The van der Waals surface area contributed by atoms with Crippen LogP contribution >= 0.6 is 0 Å². The van der Waals surface area contributed by atoms with Crippen LogP contribution in [0.3, 0.4) is 0 Å². The second-order valence-electron chi connectivity index (χ2n) is 5.87. The number of ether oxygens (including phenoxy) is 1. The third-order valence-electron chi connectivity index (χ3n) is 3.99. The van der Waals surface area contributed by atoms with Crippen molar-refractivity contribution in [2.24, 2.45) is 4.99 Å². The minimum Gasteiger partial charge on any atom is -0.494 e. The molecule has 3 rings (SSSR count). The van der Waals surface area contributed by atoms with E-state index in [4.69, 9.17) is 4.74 Å². The van der Waals surface area contributed by atoms with Crippen LogP contribution in [0.1, 0.15) is 23.9 Å². The van der Waals surface area contributed by atoms with Crippen molar-refractivity contribution < 1.29 is 4.74 Å². The summed E-state index contributed by atoms with van der Waals surface area (Å²) < 4.78 is 7.68. The molecule has 7 nitrogen and oxygen atoms in total. The Morgan fingerprint density at radius 3 is 2.81 bits per heavy atom. The van der Waals surface area contributed by atoms with Crippen LogP contribution in [0.15, 0.2) is 47.6 Å². The molecule has 0 fully saturated rings. The smallest absolute Gasteiger partial charge is 0.191 e. The Labute approximate surface area is 153 Å². The number of rotatable bonds is 6. The van der Waals surface area contributed by atoms with Crippen LogP contribution in [0.5, 0.6) is 5.75 Å². The summed E-state index contributed by atoms with van der Waals surface area (Å²) >= 11 is 0. The molecule has 0 aliphatic heterocycles. The maximum absolute atomic E-state index is 5.73. The lowest BCUT2D eigenvalue weighted by atomic mass is 10.1. The zero-order valence-electron chi connectivity index (χ0n) is 15.4. The van der Waals surface area contributed by atoms with E-state index in [-0.39, 0.29) is 0 Å². The Balaban J connectivity index is 1.62. The topological polar surface area (TPSA) is 75.8 Å². The molecule has 2 heterocycles. The van der Waals surface area contributed by atoms with Gasteiger partial charge in [0.05, 0.1) is 13.2 Å². The third kappa shape index (κ3) is 4.11. The highest BCUT2D eigenvalue weighted by atomic mass is 16.5. The van der Waals surface area contributed by atoms with Crippen LogP contribution in [0, 0.1) is 6.92 Å². The molecule has 2 aromatic heterocycles. The summed E-state index contributed by atoms with van der Waals surface area (Å²) in [5.41, 5.74) is 3.10. The molecule has 0 saturated heterocycles. The first-order valence-electron chi connectivity index (χ1n) is 8.66. The van der Waals surface area contributed by atoms with Gasteiger partial charge in [0.1, 0.15) is 5.75 Å². The predicted octanol–water partition coefficient (Wildman–Crippen LogP) is 2.30. The standard InChI is InChI=1S/C19H24N6O/c1-4-26-16-11-14(2)8-9-15(16)12-21-19(20-3)22-13-18-24-23-17-7-5-6-10-25(17)18/h5-11H,4,12-13H2,1-3H3,(H2,20,21,22). The molecule has 3 aromatic rings. The Morgan fingerprint density at radius 2 is 2.00 bits per heavy atom. The van der Waals surface area contributed by atoms with Crippen LogP contribution in [0.25, 0.3) is 5.65 Å². The molecule has 0 amide bonds. The number of nitrogens with zero attached hydrogens (tertiary/aromatic N) is 4. The summed E-state index contributed by atoms with van der Waals surface area (Å²) in [5.74, 6) is 2.42. The van der Waals surface area contributed by atoms with Gasteiger partial charge in [0.2, 0.25) is 0 Å². The number of nitrogens with one attached hydrogen (secondary N) is 2. The van der Waals surface area contributed by atoms with Crippen LogP contribution in [-0.2, 0) is 13.1 Å². The van der Waals surface area contributed by atoms with Crippen LogP contribution < -0.4 is 15.4 Å². The highest BCUT2D eigenvalue weighted by molar-refractivity contribution is 5.79. The molecular formula is C19H24N6O. The fraction of sp³-hybridized carbons (Fsp3) is 0.316. The average molecular weight is 352 g/mol. The van der Waals surface area contributed by atoms with E-state index >= 15 is 0 Å². The molecule has 1 aromatic carbocycles. The SMILES string of the molecule is CCOc1cc(C)ccc1CNC(=NC)NCc1nnc2ccccn12. The Bertz CT molecular complexity index is 902. The Morgan fingerprint density at radius 1 is 1.15 bits per heavy atom. The van der Waals surface area contributed by atoms with Crippen molar-refractivity contribution in [3.05, 3.63) is 59.5 Å². The lowest BCUT2D eigenvalue weighted by Crippen LogP contribution is -2.36. The molecule has 0 aliphatic carbocycles. The fourth-order valence-electron chi connectivity index (χ4n) is 2.67. The number of fused-ring (bicyclic) bond motifs is 1. The summed E-state index contributed by atoms with van der Waals surface area (Å²) in [7, 11) is 1.75. The molecular weight excluding hydrogens is 328 g/mol. The van der Waals surface area contributed by atoms with E-state index in [1.807, 2.05) is 35.7 Å². The predicted molar refractivity (Wildman–Crippen MR) is 102 cm³/mol. The number of hydrogen-bond acceptors (Lipinski definition) is 4. The number of aliphatic imine (C=N–C) groups is 1. The molecule has 0 saturated carbocycles.